The number of hydrogen-bond acceptors (Lipinski definition) is 4. The zero-order chi connectivity index (χ0) is 10.7. The quantitative estimate of drug-likeness (QED) is 0.860. The Kier molecular flexibility index (Phi) is 3.27. The molecule has 0 aliphatic rings. The average Bonchev–Trinajstić information content (AvgIpc) is 2.74. The number of amides is 1. The topological polar surface area (TPSA) is 54.9 Å². The van der Waals surface area contributed by atoms with Gasteiger partial charge >= 0.3 is 0 Å². The van der Waals surface area contributed by atoms with Gasteiger partial charge in [-0.25, -0.2) is 9.97 Å². The van der Waals surface area contributed by atoms with E-state index in [1.54, 1.807) is 23.2 Å². The maximum Gasteiger partial charge on any atom is 0.276 e. The predicted molar refractivity (Wildman–Crippen MR) is 67.0 cm³/mol. The molecule has 6 heteroatoms. The second-order valence-electron chi connectivity index (χ2n) is 2.69. The molecule has 0 bridgehead atoms. The summed E-state index contributed by atoms with van der Waals surface area (Å²) in [5, 5.41) is 4.36. The van der Waals surface area contributed by atoms with Crippen molar-refractivity contribution in [3.8, 4) is 0 Å². The van der Waals surface area contributed by atoms with Crippen LogP contribution in [0, 0.1) is 3.57 Å². The van der Waals surface area contributed by atoms with Crippen LogP contribution in [0.25, 0.3) is 0 Å². The van der Waals surface area contributed by atoms with Crippen molar-refractivity contribution in [1.29, 1.82) is 0 Å². The minimum Gasteiger partial charge on any atom is -0.305 e. The molecule has 4 nitrogen and oxygen atoms in total. The number of halogens is 1. The minimum atomic E-state index is -0.232. The first kappa shape index (κ1) is 10.5. The molecule has 0 atom stereocenters. The molecule has 0 spiro atoms. The lowest BCUT2D eigenvalue weighted by atomic mass is 10.4. The van der Waals surface area contributed by atoms with Crippen LogP contribution in [0.15, 0.2) is 29.2 Å². The summed E-state index contributed by atoms with van der Waals surface area (Å²) in [6.45, 7) is 0. The Morgan fingerprint density at radius 1 is 1.40 bits per heavy atom. The molecule has 2 rings (SSSR count). The van der Waals surface area contributed by atoms with Crippen molar-refractivity contribution in [2.24, 2.45) is 0 Å². The molecule has 15 heavy (non-hydrogen) atoms. The summed E-state index contributed by atoms with van der Waals surface area (Å²) in [6.07, 6.45) is 1.69. The van der Waals surface area contributed by atoms with E-state index in [0.717, 1.165) is 3.57 Å². The number of anilines is 1. The van der Waals surface area contributed by atoms with Crippen molar-refractivity contribution in [2.45, 2.75) is 0 Å². The molecule has 1 amide bonds. The highest BCUT2D eigenvalue weighted by molar-refractivity contribution is 14.1. The zero-order valence-electron chi connectivity index (χ0n) is 7.48. The summed E-state index contributed by atoms with van der Waals surface area (Å²) in [6, 6.07) is 3.64. The first-order valence-corrected chi connectivity index (χ1v) is 6.09. The SMILES string of the molecule is O=C(Nc1ccc(I)cn1)c1cscn1. The van der Waals surface area contributed by atoms with Gasteiger partial charge in [-0.1, -0.05) is 0 Å². The number of hydrogen-bond donors (Lipinski definition) is 1. The Hall–Kier alpha value is -1.02. The number of rotatable bonds is 2. The van der Waals surface area contributed by atoms with Crippen LogP contribution in [-0.4, -0.2) is 15.9 Å². The van der Waals surface area contributed by atoms with Crippen LogP contribution < -0.4 is 5.32 Å². The molecule has 0 unspecified atom stereocenters. The number of aromatic nitrogens is 2. The van der Waals surface area contributed by atoms with Crippen molar-refractivity contribution >= 4 is 45.7 Å². The Morgan fingerprint density at radius 2 is 2.27 bits per heavy atom. The normalized spacial score (nSPS) is 9.93. The van der Waals surface area contributed by atoms with Gasteiger partial charge in [-0.3, -0.25) is 4.79 Å². The van der Waals surface area contributed by atoms with Gasteiger partial charge in [-0.05, 0) is 34.7 Å². The highest BCUT2D eigenvalue weighted by atomic mass is 127. The molecular formula is C9H6IN3OS. The molecule has 0 aliphatic heterocycles. The van der Waals surface area contributed by atoms with Crippen LogP contribution in [0.1, 0.15) is 10.5 Å². The van der Waals surface area contributed by atoms with E-state index in [-0.39, 0.29) is 5.91 Å². The summed E-state index contributed by atoms with van der Waals surface area (Å²) in [5.41, 5.74) is 2.04. The van der Waals surface area contributed by atoms with E-state index in [1.165, 1.54) is 11.3 Å². The van der Waals surface area contributed by atoms with Gasteiger partial charge in [0.2, 0.25) is 0 Å². The van der Waals surface area contributed by atoms with Crippen LogP contribution >= 0.6 is 33.9 Å². The van der Waals surface area contributed by atoms with E-state index < -0.39 is 0 Å². The predicted octanol–water partition coefficient (Wildman–Crippen LogP) is 2.40. The van der Waals surface area contributed by atoms with Crippen LogP contribution in [0.5, 0.6) is 0 Å². The number of carbonyl (C=O) groups is 1. The first-order valence-electron chi connectivity index (χ1n) is 4.07. The second-order valence-corrected chi connectivity index (χ2v) is 4.65. The molecule has 0 fully saturated rings. The molecule has 76 valence electrons. The molecule has 0 aliphatic carbocycles. The summed E-state index contributed by atoms with van der Waals surface area (Å²) in [5.74, 6) is 0.304. The zero-order valence-corrected chi connectivity index (χ0v) is 10.4. The van der Waals surface area contributed by atoms with Crippen LogP contribution in [0.2, 0.25) is 0 Å². The minimum absolute atomic E-state index is 0.232. The summed E-state index contributed by atoms with van der Waals surface area (Å²) < 4.78 is 1.03. The maximum atomic E-state index is 11.6. The standard InChI is InChI=1S/C9H6IN3OS/c10-6-1-2-8(11-3-6)13-9(14)7-4-15-5-12-7/h1-5H,(H,11,13,14). The third-order valence-electron chi connectivity index (χ3n) is 1.63. The Morgan fingerprint density at radius 3 is 2.87 bits per heavy atom. The van der Waals surface area contributed by atoms with Gasteiger partial charge in [0.25, 0.3) is 5.91 Å². The number of nitrogens with zero attached hydrogens (tertiary/aromatic N) is 2. The number of pyridine rings is 1. The van der Waals surface area contributed by atoms with Gasteiger partial charge in [0.15, 0.2) is 0 Å². The summed E-state index contributed by atoms with van der Waals surface area (Å²) >= 11 is 3.54. The number of carbonyl (C=O) groups excluding carboxylic acids is 1. The van der Waals surface area contributed by atoms with E-state index in [1.807, 2.05) is 6.07 Å². The van der Waals surface area contributed by atoms with Gasteiger partial charge < -0.3 is 5.32 Å². The van der Waals surface area contributed by atoms with Gasteiger partial charge in [-0.15, -0.1) is 11.3 Å². The Bertz CT molecular complexity index is 455. The van der Waals surface area contributed by atoms with Crippen LogP contribution in [0.4, 0.5) is 5.82 Å². The molecule has 2 aromatic heterocycles. The van der Waals surface area contributed by atoms with Crippen molar-refractivity contribution in [3.63, 3.8) is 0 Å². The molecule has 0 aromatic carbocycles. The number of nitrogens with one attached hydrogen (secondary N) is 1. The van der Waals surface area contributed by atoms with Crippen molar-refractivity contribution in [3.05, 3.63) is 38.5 Å². The third-order valence-corrected chi connectivity index (χ3v) is 2.86. The van der Waals surface area contributed by atoms with E-state index in [0.29, 0.717) is 11.5 Å². The average molecular weight is 331 g/mol. The summed E-state index contributed by atoms with van der Waals surface area (Å²) in [7, 11) is 0. The summed E-state index contributed by atoms with van der Waals surface area (Å²) in [4.78, 5) is 19.5. The van der Waals surface area contributed by atoms with Crippen molar-refractivity contribution < 1.29 is 4.79 Å². The molecule has 2 heterocycles. The molecule has 0 saturated heterocycles. The van der Waals surface area contributed by atoms with Gasteiger partial charge in [0.1, 0.15) is 11.5 Å². The molecule has 0 radical (unpaired) electrons. The highest BCUT2D eigenvalue weighted by Gasteiger charge is 2.07. The van der Waals surface area contributed by atoms with Gasteiger partial charge in [0, 0.05) is 15.1 Å². The van der Waals surface area contributed by atoms with Crippen LogP contribution in [-0.2, 0) is 0 Å². The highest BCUT2D eigenvalue weighted by Crippen LogP contribution is 2.09. The smallest absolute Gasteiger partial charge is 0.276 e. The van der Waals surface area contributed by atoms with E-state index in [9.17, 15) is 4.79 Å². The fraction of sp³-hybridized carbons (Fsp3) is 0. The Labute approximate surface area is 104 Å². The third kappa shape index (κ3) is 2.72. The van der Waals surface area contributed by atoms with Crippen LogP contribution in [0.3, 0.4) is 0 Å². The number of thiazole rings is 1. The molecular weight excluding hydrogens is 325 g/mol. The monoisotopic (exact) mass is 331 g/mol. The van der Waals surface area contributed by atoms with Crippen molar-refractivity contribution in [1.82, 2.24) is 9.97 Å². The molecule has 0 saturated carbocycles. The lowest BCUT2D eigenvalue weighted by Crippen LogP contribution is -2.13. The maximum absolute atomic E-state index is 11.6. The molecule has 1 N–H and O–H groups in total. The fourth-order valence-corrected chi connectivity index (χ4v) is 1.81. The van der Waals surface area contributed by atoms with Crippen molar-refractivity contribution in [2.75, 3.05) is 5.32 Å². The molecule has 2 aromatic rings. The second kappa shape index (κ2) is 4.67. The largest absolute Gasteiger partial charge is 0.305 e. The lowest BCUT2D eigenvalue weighted by Gasteiger charge is -2.01. The van der Waals surface area contributed by atoms with Gasteiger partial charge in [0.05, 0.1) is 5.51 Å². The van der Waals surface area contributed by atoms with E-state index in [2.05, 4.69) is 37.9 Å². The fourth-order valence-electron chi connectivity index (χ4n) is 0.955. The lowest BCUT2D eigenvalue weighted by molar-refractivity contribution is 0.102. The van der Waals surface area contributed by atoms with E-state index in [4.69, 9.17) is 0 Å². The van der Waals surface area contributed by atoms with E-state index >= 15 is 0 Å². The Balaban J connectivity index is 2.09. The van der Waals surface area contributed by atoms with Gasteiger partial charge in [-0.2, -0.15) is 0 Å². The first-order chi connectivity index (χ1) is 7.25.